The Labute approximate surface area is 177 Å². The smallest absolute Gasteiger partial charge is 0.191 e. The van der Waals surface area contributed by atoms with Gasteiger partial charge < -0.3 is 19.8 Å². The van der Waals surface area contributed by atoms with E-state index in [1.165, 1.54) is 9.88 Å². The van der Waals surface area contributed by atoms with Gasteiger partial charge in [-0.15, -0.1) is 11.3 Å². The van der Waals surface area contributed by atoms with Crippen LogP contribution in [0.15, 0.2) is 21.5 Å². The van der Waals surface area contributed by atoms with Crippen LogP contribution in [0.2, 0.25) is 0 Å². The van der Waals surface area contributed by atoms with E-state index in [9.17, 15) is 0 Å². The number of aromatic nitrogens is 1. The Balaban J connectivity index is 1.63. The van der Waals surface area contributed by atoms with Crippen molar-refractivity contribution in [1.29, 1.82) is 0 Å². The summed E-state index contributed by atoms with van der Waals surface area (Å²) < 4.78 is 11.5. The molecular formula is C21H33N5O2S. The molecule has 1 unspecified atom stereocenters. The molecule has 0 aliphatic carbocycles. The van der Waals surface area contributed by atoms with Crippen LogP contribution in [-0.2, 0) is 11.2 Å². The van der Waals surface area contributed by atoms with Crippen molar-refractivity contribution in [3.8, 4) is 0 Å². The van der Waals surface area contributed by atoms with E-state index in [2.05, 4.69) is 47.4 Å². The number of nitrogens with one attached hydrogen (secondary N) is 2. The molecule has 2 aromatic rings. The number of rotatable bonds is 8. The largest absolute Gasteiger partial charge is 0.465 e. The van der Waals surface area contributed by atoms with Crippen LogP contribution in [0.1, 0.15) is 40.1 Å². The van der Waals surface area contributed by atoms with E-state index in [0.717, 1.165) is 69.0 Å². The van der Waals surface area contributed by atoms with Crippen molar-refractivity contribution in [3.63, 3.8) is 0 Å². The zero-order chi connectivity index (χ0) is 20.6. The first-order valence-corrected chi connectivity index (χ1v) is 11.2. The fourth-order valence-corrected chi connectivity index (χ4v) is 4.29. The lowest BCUT2D eigenvalue weighted by molar-refractivity contribution is 0.0135. The Bertz CT molecular complexity index is 775. The standard InChI is InChI=1S/C21H33N5O2S/c1-5-22-21(23-9-8-20-25-16(3)17(4)29-20)24-14-18(19-7-6-15(2)28-19)26-10-12-27-13-11-26/h6-7,18H,5,8-14H2,1-4H3,(H2,22,23,24). The number of nitrogens with zero attached hydrogens (tertiary/aromatic N) is 3. The average Bonchev–Trinajstić information content (AvgIpc) is 3.28. The van der Waals surface area contributed by atoms with Gasteiger partial charge in [-0.1, -0.05) is 0 Å². The minimum Gasteiger partial charge on any atom is -0.465 e. The third-order valence-corrected chi connectivity index (χ3v) is 6.18. The number of ether oxygens (including phenoxy) is 1. The van der Waals surface area contributed by atoms with Gasteiger partial charge in [0.1, 0.15) is 11.5 Å². The van der Waals surface area contributed by atoms with Gasteiger partial charge in [0.25, 0.3) is 0 Å². The number of aryl methyl sites for hydroxylation is 3. The first-order valence-electron chi connectivity index (χ1n) is 10.4. The molecule has 160 valence electrons. The van der Waals surface area contributed by atoms with Crippen molar-refractivity contribution in [3.05, 3.63) is 39.2 Å². The minimum atomic E-state index is 0.118. The molecular weight excluding hydrogens is 386 g/mol. The number of morpholine rings is 1. The molecule has 7 nitrogen and oxygen atoms in total. The van der Waals surface area contributed by atoms with Crippen molar-refractivity contribution in [1.82, 2.24) is 20.5 Å². The molecule has 8 heteroatoms. The van der Waals surface area contributed by atoms with E-state index in [0.29, 0.717) is 6.54 Å². The Morgan fingerprint density at radius 1 is 1.24 bits per heavy atom. The van der Waals surface area contributed by atoms with Gasteiger partial charge in [-0.2, -0.15) is 0 Å². The van der Waals surface area contributed by atoms with Crippen molar-refractivity contribution < 1.29 is 9.15 Å². The van der Waals surface area contributed by atoms with E-state index in [4.69, 9.17) is 14.1 Å². The zero-order valence-electron chi connectivity index (χ0n) is 18.0. The summed E-state index contributed by atoms with van der Waals surface area (Å²) >= 11 is 1.77. The molecule has 0 amide bonds. The van der Waals surface area contributed by atoms with Crippen LogP contribution in [0.4, 0.5) is 0 Å². The minimum absolute atomic E-state index is 0.118. The maximum Gasteiger partial charge on any atom is 0.191 e. The first kappa shape index (κ1) is 21.8. The third-order valence-electron chi connectivity index (χ3n) is 5.05. The summed E-state index contributed by atoms with van der Waals surface area (Å²) in [6, 6.07) is 4.21. The molecule has 1 aliphatic heterocycles. The Morgan fingerprint density at radius 3 is 2.66 bits per heavy atom. The van der Waals surface area contributed by atoms with E-state index in [-0.39, 0.29) is 6.04 Å². The average molecular weight is 420 g/mol. The summed E-state index contributed by atoms with van der Waals surface area (Å²) in [7, 11) is 0. The van der Waals surface area contributed by atoms with Gasteiger partial charge in [0.2, 0.25) is 0 Å². The molecule has 1 atom stereocenters. The van der Waals surface area contributed by atoms with Gasteiger partial charge in [0.15, 0.2) is 5.96 Å². The highest BCUT2D eigenvalue weighted by molar-refractivity contribution is 7.11. The molecule has 0 saturated carbocycles. The number of furan rings is 1. The molecule has 0 bridgehead atoms. The molecule has 0 aromatic carbocycles. The molecule has 0 radical (unpaired) electrons. The maximum absolute atomic E-state index is 5.94. The highest BCUT2D eigenvalue weighted by Crippen LogP contribution is 2.24. The summed E-state index contributed by atoms with van der Waals surface area (Å²) in [5.41, 5.74) is 1.13. The van der Waals surface area contributed by atoms with Crippen LogP contribution in [0.3, 0.4) is 0 Å². The second-order valence-electron chi connectivity index (χ2n) is 7.26. The molecule has 0 spiro atoms. The Kier molecular flexibility index (Phi) is 8.09. The molecule has 2 aromatic heterocycles. The van der Waals surface area contributed by atoms with Gasteiger partial charge in [-0.3, -0.25) is 9.89 Å². The van der Waals surface area contributed by atoms with Crippen molar-refractivity contribution in [2.75, 3.05) is 45.9 Å². The lowest BCUT2D eigenvalue weighted by Crippen LogP contribution is -2.42. The van der Waals surface area contributed by atoms with Crippen molar-refractivity contribution in [2.24, 2.45) is 4.99 Å². The van der Waals surface area contributed by atoms with E-state index in [1.807, 2.05) is 13.0 Å². The van der Waals surface area contributed by atoms with Crippen LogP contribution in [0.5, 0.6) is 0 Å². The quantitative estimate of drug-likeness (QED) is 0.506. The van der Waals surface area contributed by atoms with Crippen LogP contribution in [0, 0.1) is 20.8 Å². The van der Waals surface area contributed by atoms with E-state index < -0.39 is 0 Å². The van der Waals surface area contributed by atoms with Gasteiger partial charge in [-0.25, -0.2) is 4.98 Å². The number of hydrogen-bond acceptors (Lipinski definition) is 6. The summed E-state index contributed by atoms with van der Waals surface area (Å²) in [4.78, 5) is 13.2. The SMILES string of the molecule is CCNC(=NCC(c1ccc(C)o1)N1CCOCC1)NCCc1nc(C)c(C)s1. The van der Waals surface area contributed by atoms with Crippen LogP contribution < -0.4 is 10.6 Å². The van der Waals surface area contributed by atoms with Crippen molar-refractivity contribution >= 4 is 17.3 Å². The van der Waals surface area contributed by atoms with E-state index >= 15 is 0 Å². The number of aliphatic imine (C=N–C) groups is 1. The van der Waals surface area contributed by atoms with Crippen LogP contribution in [-0.4, -0.2) is 61.8 Å². The number of guanidine groups is 1. The third kappa shape index (κ3) is 6.29. The van der Waals surface area contributed by atoms with Gasteiger partial charge in [0.05, 0.1) is 36.5 Å². The lowest BCUT2D eigenvalue weighted by atomic mass is 10.1. The van der Waals surface area contributed by atoms with Gasteiger partial charge in [0, 0.05) is 37.5 Å². The van der Waals surface area contributed by atoms with Crippen LogP contribution >= 0.6 is 11.3 Å². The summed E-state index contributed by atoms with van der Waals surface area (Å²) in [6.45, 7) is 13.8. The van der Waals surface area contributed by atoms with E-state index in [1.54, 1.807) is 11.3 Å². The summed E-state index contributed by atoms with van der Waals surface area (Å²) in [5.74, 6) is 2.73. The zero-order valence-corrected chi connectivity index (χ0v) is 18.8. The van der Waals surface area contributed by atoms with Gasteiger partial charge in [-0.05, 0) is 39.8 Å². The topological polar surface area (TPSA) is 74.9 Å². The second-order valence-corrected chi connectivity index (χ2v) is 8.55. The molecule has 3 rings (SSSR count). The maximum atomic E-state index is 5.94. The molecule has 1 aliphatic rings. The van der Waals surface area contributed by atoms with Crippen molar-refractivity contribution in [2.45, 2.75) is 40.2 Å². The molecule has 2 N–H and O–H groups in total. The second kappa shape index (κ2) is 10.8. The number of thiazole rings is 1. The lowest BCUT2D eigenvalue weighted by Gasteiger charge is -2.32. The predicted octanol–water partition coefficient (Wildman–Crippen LogP) is 2.83. The highest BCUT2D eigenvalue weighted by Gasteiger charge is 2.25. The first-order chi connectivity index (χ1) is 14.1. The fraction of sp³-hybridized carbons (Fsp3) is 0.619. The van der Waals surface area contributed by atoms with Crippen LogP contribution in [0.25, 0.3) is 0 Å². The monoisotopic (exact) mass is 419 g/mol. The highest BCUT2D eigenvalue weighted by atomic mass is 32.1. The Hall–Kier alpha value is -1.90. The molecule has 3 heterocycles. The molecule has 29 heavy (non-hydrogen) atoms. The van der Waals surface area contributed by atoms with Gasteiger partial charge >= 0.3 is 0 Å². The summed E-state index contributed by atoms with van der Waals surface area (Å²) in [6.07, 6.45) is 0.897. The summed E-state index contributed by atoms with van der Waals surface area (Å²) in [5, 5.41) is 7.96. The molecule has 1 fully saturated rings. The predicted molar refractivity (Wildman–Crippen MR) is 118 cm³/mol. The number of hydrogen-bond donors (Lipinski definition) is 2. The molecule has 1 saturated heterocycles. The fourth-order valence-electron chi connectivity index (χ4n) is 3.36. The Morgan fingerprint density at radius 2 is 2.03 bits per heavy atom. The normalized spacial score (nSPS) is 16.8.